The van der Waals surface area contributed by atoms with Gasteiger partial charge in [0, 0.05) is 11.6 Å². The smallest absolute Gasteiger partial charge is 0.259 e. The van der Waals surface area contributed by atoms with Crippen LogP contribution in [0.4, 0.5) is 0 Å². The van der Waals surface area contributed by atoms with E-state index in [1.54, 1.807) is 12.1 Å². The first kappa shape index (κ1) is 12.9. The van der Waals surface area contributed by atoms with Gasteiger partial charge in [-0.2, -0.15) is 0 Å². The van der Waals surface area contributed by atoms with Crippen molar-refractivity contribution in [1.29, 1.82) is 0 Å². The summed E-state index contributed by atoms with van der Waals surface area (Å²) in [6, 6.07) is 3.29. The molecule has 0 unspecified atom stereocenters. The zero-order valence-electron chi connectivity index (χ0n) is 10.8. The van der Waals surface area contributed by atoms with Crippen molar-refractivity contribution in [3.8, 4) is 17.2 Å². The molecule has 0 fully saturated rings. The van der Waals surface area contributed by atoms with Crippen molar-refractivity contribution in [1.82, 2.24) is 5.32 Å². The van der Waals surface area contributed by atoms with Gasteiger partial charge in [0.1, 0.15) is 0 Å². The van der Waals surface area contributed by atoms with E-state index in [4.69, 9.17) is 14.2 Å². The van der Waals surface area contributed by atoms with Crippen molar-refractivity contribution in [2.45, 2.75) is 0 Å². The summed E-state index contributed by atoms with van der Waals surface area (Å²) < 4.78 is 15.6. The second kappa shape index (κ2) is 5.01. The first-order valence-electron chi connectivity index (χ1n) is 5.48. The molecule has 0 saturated heterocycles. The summed E-state index contributed by atoms with van der Waals surface area (Å²) >= 11 is 0. The van der Waals surface area contributed by atoms with Crippen molar-refractivity contribution >= 4 is 17.4 Å². The highest BCUT2D eigenvalue weighted by Crippen LogP contribution is 2.42. The predicted octanol–water partition coefficient (Wildman–Crippen LogP) is 0.752. The lowest BCUT2D eigenvalue weighted by Crippen LogP contribution is -2.21. The topological polar surface area (TPSA) is 73.9 Å². The monoisotopic (exact) mass is 263 g/mol. The van der Waals surface area contributed by atoms with E-state index in [0.717, 1.165) is 0 Å². The predicted molar refractivity (Wildman–Crippen MR) is 67.2 cm³/mol. The zero-order valence-corrected chi connectivity index (χ0v) is 10.8. The minimum Gasteiger partial charge on any atom is -0.493 e. The Labute approximate surface area is 110 Å². The standard InChI is InChI=1S/C13H13NO5/c1-17-9-5-4-7(11(18-2)12(9)19-3)8-6-10(15)14-13(8)16/h4-6H,1-3H3,(H,14,15,16). The third-order valence-corrected chi connectivity index (χ3v) is 2.75. The molecule has 2 amide bonds. The van der Waals surface area contributed by atoms with Gasteiger partial charge in [-0.3, -0.25) is 14.9 Å². The first-order valence-corrected chi connectivity index (χ1v) is 5.48. The maximum atomic E-state index is 11.7. The molecule has 0 aromatic heterocycles. The van der Waals surface area contributed by atoms with Gasteiger partial charge in [-0.1, -0.05) is 0 Å². The molecule has 100 valence electrons. The quantitative estimate of drug-likeness (QED) is 0.811. The van der Waals surface area contributed by atoms with E-state index in [9.17, 15) is 9.59 Å². The fraction of sp³-hybridized carbons (Fsp3) is 0.231. The summed E-state index contributed by atoms with van der Waals surface area (Å²) in [5.74, 6) is 0.286. The van der Waals surface area contributed by atoms with Crippen LogP contribution in [0.25, 0.3) is 5.57 Å². The fourth-order valence-electron chi connectivity index (χ4n) is 1.93. The number of amides is 2. The fourth-order valence-corrected chi connectivity index (χ4v) is 1.93. The molecule has 0 bridgehead atoms. The summed E-state index contributed by atoms with van der Waals surface area (Å²) in [5, 5.41) is 2.18. The summed E-state index contributed by atoms with van der Waals surface area (Å²) in [5.41, 5.74) is 0.714. The van der Waals surface area contributed by atoms with E-state index >= 15 is 0 Å². The zero-order chi connectivity index (χ0) is 14.0. The van der Waals surface area contributed by atoms with E-state index in [-0.39, 0.29) is 5.57 Å². The molecule has 1 aromatic rings. The Morgan fingerprint density at radius 1 is 0.947 bits per heavy atom. The molecule has 6 nitrogen and oxygen atoms in total. The van der Waals surface area contributed by atoms with Crippen LogP contribution >= 0.6 is 0 Å². The van der Waals surface area contributed by atoms with E-state index < -0.39 is 11.8 Å². The number of nitrogens with one attached hydrogen (secondary N) is 1. The first-order chi connectivity index (χ1) is 9.12. The van der Waals surface area contributed by atoms with Crippen LogP contribution in [0.5, 0.6) is 17.2 Å². The molecule has 0 saturated carbocycles. The third-order valence-electron chi connectivity index (χ3n) is 2.75. The van der Waals surface area contributed by atoms with E-state index in [1.165, 1.54) is 27.4 Å². The van der Waals surface area contributed by atoms with Crippen molar-refractivity contribution in [3.05, 3.63) is 23.8 Å². The molecule has 2 rings (SSSR count). The number of rotatable bonds is 4. The average Bonchev–Trinajstić information content (AvgIpc) is 2.75. The number of imide groups is 1. The summed E-state index contributed by atoms with van der Waals surface area (Å²) in [6.07, 6.45) is 1.23. The summed E-state index contributed by atoms with van der Waals surface area (Å²) in [7, 11) is 4.43. The molecule has 0 spiro atoms. The largest absolute Gasteiger partial charge is 0.493 e. The van der Waals surface area contributed by atoms with Gasteiger partial charge in [-0.05, 0) is 12.1 Å². The third kappa shape index (κ3) is 2.12. The normalized spacial score (nSPS) is 13.9. The number of carbonyl (C=O) groups is 2. The number of methoxy groups -OCH3 is 3. The highest BCUT2D eigenvalue weighted by molar-refractivity contribution is 6.34. The van der Waals surface area contributed by atoms with Gasteiger partial charge in [-0.25, -0.2) is 0 Å². The molecule has 1 aliphatic rings. The summed E-state index contributed by atoms with van der Waals surface area (Å²) in [6.45, 7) is 0. The van der Waals surface area contributed by atoms with Gasteiger partial charge in [0.25, 0.3) is 11.8 Å². The van der Waals surface area contributed by atoms with Crippen LogP contribution in [-0.2, 0) is 9.59 Å². The second-order valence-electron chi connectivity index (χ2n) is 3.76. The molecule has 0 atom stereocenters. The van der Waals surface area contributed by atoms with E-state index in [2.05, 4.69) is 5.32 Å². The van der Waals surface area contributed by atoms with Crippen molar-refractivity contribution in [2.24, 2.45) is 0 Å². The SMILES string of the molecule is COc1ccc(C2=CC(=O)NC2=O)c(OC)c1OC. The van der Waals surface area contributed by atoms with Crippen LogP contribution in [0.15, 0.2) is 18.2 Å². The summed E-state index contributed by atoms with van der Waals surface area (Å²) in [4.78, 5) is 22.9. The molecular formula is C13H13NO5. The average molecular weight is 263 g/mol. The maximum absolute atomic E-state index is 11.7. The van der Waals surface area contributed by atoms with Gasteiger partial charge in [0.05, 0.1) is 26.9 Å². The van der Waals surface area contributed by atoms with Crippen LogP contribution in [0.2, 0.25) is 0 Å². The van der Waals surface area contributed by atoms with Gasteiger partial charge >= 0.3 is 0 Å². The van der Waals surface area contributed by atoms with Crippen LogP contribution < -0.4 is 19.5 Å². The lowest BCUT2D eigenvalue weighted by atomic mass is 10.0. The Balaban J connectivity index is 2.62. The highest BCUT2D eigenvalue weighted by Gasteiger charge is 2.27. The van der Waals surface area contributed by atoms with Crippen molar-refractivity contribution in [2.75, 3.05) is 21.3 Å². The molecule has 1 heterocycles. The molecule has 1 aliphatic heterocycles. The number of hydrogen-bond acceptors (Lipinski definition) is 5. The van der Waals surface area contributed by atoms with Gasteiger partial charge in [-0.15, -0.1) is 0 Å². The maximum Gasteiger partial charge on any atom is 0.259 e. The van der Waals surface area contributed by atoms with Gasteiger partial charge in [0.2, 0.25) is 5.75 Å². The Bertz CT molecular complexity index is 577. The molecule has 1 N–H and O–H groups in total. The van der Waals surface area contributed by atoms with Crippen molar-refractivity contribution < 1.29 is 23.8 Å². The molecule has 0 radical (unpaired) electrons. The number of carbonyl (C=O) groups excluding carboxylic acids is 2. The van der Waals surface area contributed by atoms with Crippen LogP contribution in [0.3, 0.4) is 0 Å². The lowest BCUT2D eigenvalue weighted by molar-refractivity contribution is -0.123. The Morgan fingerprint density at radius 3 is 2.11 bits per heavy atom. The van der Waals surface area contributed by atoms with Crippen LogP contribution in [-0.4, -0.2) is 33.1 Å². The second-order valence-corrected chi connectivity index (χ2v) is 3.76. The molecule has 19 heavy (non-hydrogen) atoms. The number of hydrogen-bond donors (Lipinski definition) is 1. The molecule has 0 aliphatic carbocycles. The van der Waals surface area contributed by atoms with Crippen LogP contribution in [0.1, 0.15) is 5.56 Å². The van der Waals surface area contributed by atoms with E-state index in [0.29, 0.717) is 22.8 Å². The van der Waals surface area contributed by atoms with E-state index in [1.807, 2.05) is 0 Å². The molecule has 6 heteroatoms. The number of benzene rings is 1. The van der Waals surface area contributed by atoms with Crippen molar-refractivity contribution in [3.63, 3.8) is 0 Å². The minimum atomic E-state index is -0.462. The molecular weight excluding hydrogens is 250 g/mol. The Kier molecular flexibility index (Phi) is 3.41. The Morgan fingerprint density at radius 2 is 1.63 bits per heavy atom. The van der Waals surface area contributed by atoms with Crippen LogP contribution in [0, 0.1) is 0 Å². The highest BCUT2D eigenvalue weighted by atomic mass is 16.5. The van der Waals surface area contributed by atoms with Gasteiger partial charge in [0.15, 0.2) is 11.5 Å². The minimum absolute atomic E-state index is 0.239. The lowest BCUT2D eigenvalue weighted by Gasteiger charge is -2.15. The Hall–Kier alpha value is -2.50. The van der Waals surface area contributed by atoms with Gasteiger partial charge < -0.3 is 14.2 Å². The molecule has 1 aromatic carbocycles. The number of ether oxygens (including phenoxy) is 3.